The molecule has 10 heteroatoms. The van der Waals surface area contributed by atoms with E-state index < -0.39 is 10.0 Å². The lowest BCUT2D eigenvalue weighted by atomic mass is 9.87. The molecule has 0 saturated carbocycles. The summed E-state index contributed by atoms with van der Waals surface area (Å²) in [7, 11) is -3.56. The van der Waals surface area contributed by atoms with Crippen LogP contribution >= 0.6 is 11.3 Å². The number of nitrogens with zero attached hydrogens (tertiary/aromatic N) is 4. The average Bonchev–Trinajstić information content (AvgIpc) is 3.33. The third-order valence-electron chi connectivity index (χ3n) is 6.71. The summed E-state index contributed by atoms with van der Waals surface area (Å²) in [6.45, 7) is 10.8. The molecule has 0 aliphatic carbocycles. The van der Waals surface area contributed by atoms with Crippen molar-refractivity contribution >= 4 is 43.3 Å². The summed E-state index contributed by atoms with van der Waals surface area (Å²) in [5, 5.41) is 2.06. The lowest BCUT2D eigenvalue weighted by Crippen LogP contribution is -2.45. The van der Waals surface area contributed by atoms with Gasteiger partial charge >= 0.3 is 0 Å². The van der Waals surface area contributed by atoms with Gasteiger partial charge < -0.3 is 14.5 Å². The van der Waals surface area contributed by atoms with E-state index in [0.717, 1.165) is 40.6 Å². The molecular formula is C25H33N5O3S2. The minimum atomic E-state index is -3.56. The van der Waals surface area contributed by atoms with Crippen molar-refractivity contribution in [3.8, 4) is 0 Å². The molecule has 3 aromatic rings. The largest absolute Gasteiger partial charge is 0.378 e. The zero-order valence-electron chi connectivity index (χ0n) is 20.5. The van der Waals surface area contributed by atoms with Gasteiger partial charge in [-0.15, -0.1) is 11.3 Å². The Balaban J connectivity index is 1.26. The summed E-state index contributed by atoms with van der Waals surface area (Å²) < 4.78 is 35.5. The van der Waals surface area contributed by atoms with Crippen LogP contribution in [0, 0.1) is 0 Å². The smallest absolute Gasteiger partial charge is 0.240 e. The molecule has 2 fully saturated rings. The first-order valence-corrected chi connectivity index (χ1v) is 14.5. The SMILES string of the molecule is CC(C)(C)c1ccc(S(=O)(=O)NC2CCN(c3nc(N4CCOCC4)c4sccc4n3)CC2)cc1. The highest BCUT2D eigenvalue weighted by molar-refractivity contribution is 7.89. The van der Waals surface area contributed by atoms with Crippen LogP contribution in [0.2, 0.25) is 0 Å². The molecule has 2 aliphatic heterocycles. The second kappa shape index (κ2) is 9.65. The Bertz CT molecular complexity index is 1270. The molecule has 4 heterocycles. The topological polar surface area (TPSA) is 87.7 Å². The van der Waals surface area contributed by atoms with Crippen molar-refractivity contribution in [2.75, 3.05) is 49.2 Å². The lowest BCUT2D eigenvalue weighted by molar-refractivity contribution is 0.122. The molecule has 0 spiro atoms. The van der Waals surface area contributed by atoms with Crippen LogP contribution in [0.1, 0.15) is 39.2 Å². The number of fused-ring (bicyclic) bond motifs is 1. The fourth-order valence-corrected chi connectivity index (χ4v) is 6.74. The molecule has 1 aromatic carbocycles. The molecule has 0 unspecified atom stereocenters. The Morgan fingerprint density at radius 1 is 0.971 bits per heavy atom. The normalized spacial score (nSPS) is 18.4. The van der Waals surface area contributed by atoms with Gasteiger partial charge in [-0.05, 0) is 47.4 Å². The Morgan fingerprint density at radius 2 is 1.66 bits per heavy atom. The van der Waals surface area contributed by atoms with Gasteiger partial charge in [-0.2, -0.15) is 4.98 Å². The van der Waals surface area contributed by atoms with Crippen molar-refractivity contribution in [1.29, 1.82) is 0 Å². The Hall–Kier alpha value is -2.27. The number of anilines is 2. The quantitative estimate of drug-likeness (QED) is 0.553. The first-order valence-electron chi connectivity index (χ1n) is 12.2. The molecule has 8 nitrogen and oxygen atoms in total. The second-order valence-corrected chi connectivity index (χ2v) is 12.9. The highest BCUT2D eigenvalue weighted by Crippen LogP contribution is 2.32. The van der Waals surface area contributed by atoms with Gasteiger partial charge in [-0.3, -0.25) is 0 Å². The Labute approximate surface area is 211 Å². The van der Waals surface area contributed by atoms with Gasteiger partial charge in [0.1, 0.15) is 0 Å². The van der Waals surface area contributed by atoms with Gasteiger partial charge in [0.2, 0.25) is 16.0 Å². The number of aromatic nitrogens is 2. The zero-order valence-corrected chi connectivity index (χ0v) is 22.2. The summed E-state index contributed by atoms with van der Waals surface area (Å²) in [6, 6.07) is 9.15. The number of piperidine rings is 1. The van der Waals surface area contributed by atoms with Crippen LogP contribution in [0.5, 0.6) is 0 Å². The van der Waals surface area contributed by atoms with E-state index in [1.807, 2.05) is 18.2 Å². The number of morpholine rings is 1. The van der Waals surface area contributed by atoms with Gasteiger partial charge in [0.25, 0.3) is 0 Å². The van der Waals surface area contributed by atoms with E-state index in [9.17, 15) is 8.42 Å². The number of thiophene rings is 1. The van der Waals surface area contributed by atoms with Crippen molar-refractivity contribution in [3.63, 3.8) is 0 Å². The summed E-state index contributed by atoms with van der Waals surface area (Å²) in [5.74, 6) is 1.70. The van der Waals surface area contributed by atoms with E-state index in [0.29, 0.717) is 44.0 Å². The highest BCUT2D eigenvalue weighted by atomic mass is 32.2. The summed E-state index contributed by atoms with van der Waals surface area (Å²) in [5.41, 5.74) is 2.06. The maximum Gasteiger partial charge on any atom is 0.240 e. The van der Waals surface area contributed by atoms with E-state index in [1.165, 1.54) is 0 Å². The third kappa shape index (κ3) is 5.30. The van der Waals surface area contributed by atoms with Gasteiger partial charge in [0.15, 0.2) is 5.82 Å². The first kappa shape index (κ1) is 24.4. The predicted octanol–water partition coefficient (Wildman–Crippen LogP) is 3.77. The van der Waals surface area contributed by atoms with Crippen molar-refractivity contribution in [2.45, 2.75) is 50.0 Å². The molecule has 0 radical (unpaired) electrons. The van der Waals surface area contributed by atoms with Crippen molar-refractivity contribution < 1.29 is 13.2 Å². The maximum atomic E-state index is 13.0. The molecule has 2 aliphatic rings. The molecule has 0 atom stereocenters. The monoisotopic (exact) mass is 515 g/mol. The van der Waals surface area contributed by atoms with Crippen molar-refractivity contribution in [2.24, 2.45) is 0 Å². The molecule has 2 saturated heterocycles. The fourth-order valence-electron chi connectivity index (χ4n) is 4.59. The van der Waals surface area contributed by atoms with Crippen LogP contribution in [0.4, 0.5) is 11.8 Å². The second-order valence-electron chi connectivity index (χ2n) is 10.2. The number of ether oxygens (including phenoxy) is 1. The van der Waals surface area contributed by atoms with Crippen LogP contribution in [0.3, 0.4) is 0 Å². The number of rotatable bonds is 5. The molecule has 188 valence electrons. The van der Waals surface area contributed by atoms with Gasteiger partial charge in [-0.25, -0.2) is 18.1 Å². The van der Waals surface area contributed by atoms with Gasteiger partial charge in [0.05, 0.1) is 28.3 Å². The number of nitrogens with one attached hydrogen (secondary N) is 1. The molecule has 5 rings (SSSR count). The van der Waals surface area contributed by atoms with Gasteiger partial charge in [0, 0.05) is 32.2 Å². The minimum Gasteiger partial charge on any atom is -0.378 e. The van der Waals surface area contributed by atoms with E-state index in [2.05, 4.69) is 40.7 Å². The number of hydrogen-bond donors (Lipinski definition) is 1. The standard InChI is InChI=1S/C25H33N5O3S2/c1-25(2,3)18-4-6-20(7-5-18)35(31,32)28-19-8-11-30(12-9-19)24-26-21-10-17-34-22(21)23(27-24)29-13-15-33-16-14-29/h4-7,10,17,19,28H,8-9,11-16H2,1-3H3. The first-order chi connectivity index (χ1) is 16.7. The van der Waals surface area contributed by atoms with Crippen molar-refractivity contribution in [3.05, 3.63) is 41.3 Å². The molecule has 2 aromatic heterocycles. The van der Waals surface area contributed by atoms with Crippen LogP contribution in [0.25, 0.3) is 10.2 Å². The number of hydrogen-bond acceptors (Lipinski definition) is 8. The third-order valence-corrected chi connectivity index (χ3v) is 9.15. The van der Waals surface area contributed by atoms with E-state index in [1.54, 1.807) is 23.5 Å². The maximum absolute atomic E-state index is 13.0. The zero-order chi connectivity index (χ0) is 24.6. The van der Waals surface area contributed by atoms with E-state index in [-0.39, 0.29) is 11.5 Å². The Kier molecular flexibility index (Phi) is 6.73. The van der Waals surface area contributed by atoms with E-state index in [4.69, 9.17) is 14.7 Å². The summed E-state index contributed by atoms with van der Waals surface area (Å²) >= 11 is 1.67. The molecular weight excluding hydrogens is 482 g/mol. The predicted molar refractivity (Wildman–Crippen MR) is 141 cm³/mol. The van der Waals surface area contributed by atoms with Crippen LogP contribution < -0.4 is 14.5 Å². The number of benzene rings is 1. The minimum absolute atomic E-state index is 0.0156. The lowest BCUT2D eigenvalue weighted by Gasteiger charge is -2.33. The molecule has 35 heavy (non-hydrogen) atoms. The highest BCUT2D eigenvalue weighted by Gasteiger charge is 2.27. The fraction of sp³-hybridized carbons (Fsp3) is 0.520. The molecule has 0 bridgehead atoms. The number of sulfonamides is 1. The van der Waals surface area contributed by atoms with Crippen molar-refractivity contribution in [1.82, 2.24) is 14.7 Å². The van der Waals surface area contributed by atoms with Crippen LogP contribution in [-0.2, 0) is 20.2 Å². The summed E-state index contributed by atoms with van der Waals surface area (Å²) in [4.78, 5) is 14.5. The summed E-state index contributed by atoms with van der Waals surface area (Å²) in [6.07, 6.45) is 1.41. The van der Waals surface area contributed by atoms with E-state index >= 15 is 0 Å². The molecule has 0 amide bonds. The van der Waals surface area contributed by atoms with Crippen LogP contribution in [-0.4, -0.2) is 63.8 Å². The Morgan fingerprint density at radius 3 is 2.31 bits per heavy atom. The molecule has 1 N–H and O–H groups in total. The average molecular weight is 516 g/mol. The van der Waals surface area contributed by atoms with Gasteiger partial charge in [-0.1, -0.05) is 32.9 Å². The van der Waals surface area contributed by atoms with Crippen LogP contribution in [0.15, 0.2) is 40.6 Å².